The first-order valence-corrected chi connectivity index (χ1v) is 10.4. The minimum Gasteiger partial charge on any atom is -0.492 e. The van der Waals surface area contributed by atoms with Crippen molar-refractivity contribution in [3.8, 4) is 5.88 Å². The third kappa shape index (κ3) is 3.40. The van der Waals surface area contributed by atoms with Gasteiger partial charge in [0.1, 0.15) is 18.0 Å². The van der Waals surface area contributed by atoms with Crippen LogP contribution < -0.4 is 4.90 Å². The summed E-state index contributed by atoms with van der Waals surface area (Å²) in [5.74, 6) is -0.542. The van der Waals surface area contributed by atoms with Gasteiger partial charge in [-0.2, -0.15) is 9.61 Å². The van der Waals surface area contributed by atoms with E-state index in [1.807, 2.05) is 6.07 Å². The number of aromatic hydroxyl groups is 1. The molecule has 2 aromatic heterocycles. The summed E-state index contributed by atoms with van der Waals surface area (Å²) in [7, 11) is 0. The lowest BCUT2D eigenvalue weighted by molar-refractivity contribution is 0.211. The van der Waals surface area contributed by atoms with Gasteiger partial charge in [-0.15, -0.1) is 0 Å². The van der Waals surface area contributed by atoms with E-state index in [1.165, 1.54) is 46.4 Å². The zero-order chi connectivity index (χ0) is 20.7. The SMILES string of the molecule is Oc1c(C(c2cccc(F)c2)N2CCN(c3ccc(F)cc3)CC2)sc2ncnn12. The molecule has 0 saturated carbocycles. The maximum absolute atomic E-state index is 14.0. The van der Waals surface area contributed by atoms with Gasteiger partial charge >= 0.3 is 0 Å². The summed E-state index contributed by atoms with van der Waals surface area (Å²) in [6.45, 7) is 2.87. The molecule has 1 atom stereocenters. The maximum Gasteiger partial charge on any atom is 0.230 e. The van der Waals surface area contributed by atoms with Gasteiger partial charge in [0, 0.05) is 31.9 Å². The van der Waals surface area contributed by atoms with Gasteiger partial charge in [-0.25, -0.2) is 13.8 Å². The van der Waals surface area contributed by atoms with Gasteiger partial charge in [0.05, 0.1) is 10.9 Å². The molecule has 0 radical (unpaired) electrons. The second-order valence-corrected chi connectivity index (χ2v) is 8.21. The number of thiazole rings is 1. The van der Waals surface area contributed by atoms with Gasteiger partial charge in [0.25, 0.3) is 0 Å². The maximum atomic E-state index is 14.0. The summed E-state index contributed by atoms with van der Waals surface area (Å²) in [6, 6.07) is 12.6. The molecule has 0 spiro atoms. The molecule has 1 saturated heterocycles. The molecular formula is C21H19F2N5OS. The van der Waals surface area contributed by atoms with E-state index in [9.17, 15) is 13.9 Å². The molecule has 0 amide bonds. The van der Waals surface area contributed by atoms with Gasteiger partial charge in [0.15, 0.2) is 0 Å². The molecule has 4 aromatic rings. The number of hydrogen-bond donors (Lipinski definition) is 1. The van der Waals surface area contributed by atoms with Crippen molar-refractivity contribution in [2.24, 2.45) is 0 Å². The van der Waals surface area contributed by atoms with Crippen LogP contribution in [0.1, 0.15) is 16.5 Å². The monoisotopic (exact) mass is 427 g/mol. The first kappa shape index (κ1) is 19.0. The van der Waals surface area contributed by atoms with Crippen LogP contribution in [0.25, 0.3) is 4.96 Å². The Morgan fingerprint density at radius 1 is 0.967 bits per heavy atom. The van der Waals surface area contributed by atoms with Crippen LogP contribution in [0.3, 0.4) is 0 Å². The lowest BCUT2D eigenvalue weighted by Gasteiger charge is -2.40. The van der Waals surface area contributed by atoms with Crippen molar-refractivity contribution in [1.82, 2.24) is 19.5 Å². The topological polar surface area (TPSA) is 56.9 Å². The van der Waals surface area contributed by atoms with Crippen molar-refractivity contribution < 1.29 is 13.9 Å². The number of halogens is 2. The molecule has 30 heavy (non-hydrogen) atoms. The second-order valence-electron chi connectivity index (χ2n) is 7.20. The van der Waals surface area contributed by atoms with Crippen molar-refractivity contribution in [3.63, 3.8) is 0 Å². The number of benzene rings is 2. The molecule has 6 nitrogen and oxygen atoms in total. The van der Waals surface area contributed by atoms with Crippen molar-refractivity contribution in [2.75, 3.05) is 31.1 Å². The molecule has 3 heterocycles. The molecule has 0 aliphatic carbocycles. The molecular weight excluding hydrogens is 408 g/mol. The number of hydrogen-bond acceptors (Lipinski definition) is 6. The van der Waals surface area contributed by atoms with Crippen LogP contribution in [0.2, 0.25) is 0 Å². The Bertz CT molecular complexity index is 1170. The highest BCUT2D eigenvalue weighted by atomic mass is 32.1. The molecule has 1 unspecified atom stereocenters. The lowest BCUT2D eigenvalue weighted by Crippen LogP contribution is -2.47. The Hall–Kier alpha value is -3.04. The van der Waals surface area contributed by atoms with Crippen molar-refractivity contribution >= 4 is 22.0 Å². The van der Waals surface area contributed by atoms with Gasteiger partial charge in [-0.3, -0.25) is 4.90 Å². The minimum absolute atomic E-state index is 0.0303. The number of fused-ring (bicyclic) bond motifs is 1. The lowest BCUT2D eigenvalue weighted by atomic mass is 10.0. The molecule has 2 aromatic carbocycles. The first-order valence-electron chi connectivity index (χ1n) is 9.61. The summed E-state index contributed by atoms with van der Waals surface area (Å²) in [6.07, 6.45) is 1.40. The van der Waals surface area contributed by atoms with E-state index >= 15 is 0 Å². The summed E-state index contributed by atoms with van der Waals surface area (Å²) < 4.78 is 28.7. The summed E-state index contributed by atoms with van der Waals surface area (Å²) in [5, 5.41) is 14.8. The first-order chi connectivity index (χ1) is 14.6. The molecule has 154 valence electrons. The number of piperazine rings is 1. The summed E-state index contributed by atoms with van der Waals surface area (Å²) in [4.78, 5) is 9.87. The Morgan fingerprint density at radius 2 is 1.73 bits per heavy atom. The van der Waals surface area contributed by atoms with Crippen LogP contribution >= 0.6 is 11.3 Å². The normalized spacial score (nSPS) is 16.3. The highest BCUT2D eigenvalue weighted by Crippen LogP contribution is 2.40. The molecule has 0 bridgehead atoms. The van der Waals surface area contributed by atoms with Gasteiger partial charge in [-0.1, -0.05) is 23.5 Å². The molecule has 1 N–H and O–H groups in total. The summed E-state index contributed by atoms with van der Waals surface area (Å²) >= 11 is 1.35. The molecule has 1 aliphatic heterocycles. The number of aromatic nitrogens is 3. The second kappa shape index (κ2) is 7.66. The van der Waals surface area contributed by atoms with E-state index in [1.54, 1.807) is 18.2 Å². The zero-order valence-electron chi connectivity index (χ0n) is 15.9. The fourth-order valence-electron chi connectivity index (χ4n) is 3.97. The summed E-state index contributed by atoms with van der Waals surface area (Å²) in [5.41, 5.74) is 1.74. The van der Waals surface area contributed by atoms with Crippen LogP contribution in [0.5, 0.6) is 5.88 Å². The van der Waals surface area contributed by atoms with Gasteiger partial charge in [-0.05, 0) is 42.0 Å². The number of anilines is 1. The highest BCUT2D eigenvalue weighted by Gasteiger charge is 2.31. The van der Waals surface area contributed by atoms with E-state index in [0.717, 1.165) is 24.3 Å². The quantitative estimate of drug-likeness (QED) is 0.538. The Balaban J connectivity index is 1.46. The van der Waals surface area contributed by atoms with E-state index in [4.69, 9.17) is 0 Å². The van der Waals surface area contributed by atoms with Crippen LogP contribution in [-0.4, -0.2) is 50.8 Å². The fraction of sp³-hybridized carbons (Fsp3) is 0.238. The predicted octanol–water partition coefficient (Wildman–Crippen LogP) is 3.69. The van der Waals surface area contributed by atoms with Crippen LogP contribution in [-0.2, 0) is 0 Å². The standard InChI is InChI=1S/C21H19F2N5OS/c22-15-4-6-17(7-5-15)26-8-10-27(11-9-26)18(14-2-1-3-16(23)12-14)19-20(29)28-21(30-19)24-13-25-28/h1-7,12-13,18,29H,8-11H2. The largest absolute Gasteiger partial charge is 0.492 e. The average molecular weight is 427 g/mol. The van der Waals surface area contributed by atoms with Gasteiger partial charge in [0.2, 0.25) is 10.8 Å². The van der Waals surface area contributed by atoms with Crippen LogP contribution in [0.15, 0.2) is 54.9 Å². The van der Waals surface area contributed by atoms with Crippen molar-refractivity contribution in [1.29, 1.82) is 0 Å². The highest BCUT2D eigenvalue weighted by molar-refractivity contribution is 7.17. The van der Waals surface area contributed by atoms with Crippen molar-refractivity contribution in [2.45, 2.75) is 6.04 Å². The fourth-order valence-corrected chi connectivity index (χ4v) is 5.06. The smallest absolute Gasteiger partial charge is 0.230 e. The Kier molecular flexibility index (Phi) is 4.84. The zero-order valence-corrected chi connectivity index (χ0v) is 16.8. The van der Waals surface area contributed by atoms with E-state index < -0.39 is 0 Å². The average Bonchev–Trinajstić information content (AvgIpc) is 3.33. The van der Waals surface area contributed by atoms with Crippen LogP contribution in [0, 0.1) is 11.6 Å². The Labute approximate surface area is 175 Å². The number of rotatable bonds is 4. The third-order valence-electron chi connectivity index (χ3n) is 5.42. The Morgan fingerprint density at radius 3 is 2.43 bits per heavy atom. The molecule has 9 heteroatoms. The minimum atomic E-state index is -0.318. The third-order valence-corrected chi connectivity index (χ3v) is 6.51. The molecule has 1 fully saturated rings. The predicted molar refractivity (Wildman–Crippen MR) is 111 cm³/mol. The number of nitrogens with zero attached hydrogens (tertiary/aromatic N) is 5. The van der Waals surface area contributed by atoms with E-state index in [-0.39, 0.29) is 23.6 Å². The van der Waals surface area contributed by atoms with E-state index in [0.29, 0.717) is 22.9 Å². The van der Waals surface area contributed by atoms with Crippen molar-refractivity contribution in [3.05, 3.63) is 76.9 Å². The molecule has 1 aliphatic rings. The van der Waals surface area contributed by atoms with E-state index in [2.05, 4.69) is 19.9 Å². The van der Waals surface area contributed by atoms with Gasteiger partial charge < -0.3 is 10.0 Å². The van der Waals surface area contributed by atoms with Crippen LogP contribution in [0.4, 0.5) is 14.5 Å². The molecule has 5 rings (SSSR count).